The molecular weight excluding hydrogens is 293 g/mol. The Morgan fingerprint density at radius 3 is 2.67 bits per heavy atom. The molecule has 0 unspecified atom stereocenters. The number of anilines is 1. The molecule has 1 heterocycles. The van der Waals surface area contributed by atoms with Gasteiger partial charge in [-0.25, -0.2) is 12.8 Å². The van der Waals surface area contributed by atoms with Crippen molar-refractivity contribution < 1.29 is 17.5 Å². The van der Waals surface area contributed by atoms with Crippen LogP contribution in [0.15, 0.2) is 48.5 Å². The van der Waals surface area contributed by atoms with E-state index < -0.39 is 15.8 Å². The van der Waals surface area contributed by atoms with Gasteiger partial charge in [0.05, 0.1) is 18.0 Å². The number of rotatable bonds is 3. The van der Waals surface area contributed by atoms with Gasteiger partial charge in [-0.3, -0.25) is 4.31 Å². The van der Waals surface area contributed by atoms with Crippen LogP contribution in [-0.4, -0.2) is 21.6 Å². The highest BCUT2D eigenvalue weighted by atomic mass is 32.2. The van der Waals surface area contributed by atoms with Crippen LogP contribution in [0, 0.1) is 5.82 Å². The van der Waals surface area contributed by atoms with E-state index in [0.717, 1.165) is 0 Å². The maximum absolute atomic E-state index is 13.4. The molecule has 0 aromatic heterocycles. The molecule has 0 N–H and O–H groups in total. The second kappa shape index (κ2) is 5.37. The second-order valence-corrected chi connectivity index (χ2v) is 6.67. The van der Waals surface area contributed by atoms with Gasteiger partial charge >= 0.3 is 0 Å². The molecule has 0 saturated carbocycles. The van der Waals surface area contributed by atoms with Crippen molar-refractivity contribution in [2.45, 2.75) is 5.75 Å². The van der Waals surface area contributed by atoms with Gasteiger partial charge in [0, 0.05) is 6.07 Å². The van der Waals surface area contributed by atoms with Gasteiger partial charge in [-0.05, 0) is 17.7 Å². The quantitative estimate of drug-likeness (QED) is 0.875. The van der Waals surface area contributed by atoms with Crippen molar-refractivity contribution in [3.63, 3.8) is 0 Å². The van der Waals surface area contributed by atoms with E-state index in [9.17, 15) is 12.8 Å². The smallest absolute Gasteiger partial charge is 0.239 e. The Morgan fingerprint density at radius 2 is 1.90 bits per heavy atom. The highest BCUT2D eigenvalue weighted by Crippen LogP contribution is 2.34. The lowest BCUT2D eigenvalue weighted by atomic mass is 10.2. The first-order chi connectivity index (χ1) is 10.1. The lowest BCUT2D eigenvalue weighted by Crippen LogP contribution is -2.38. The number of hydrogen-bond donors (Lipinski definition) is 0. The number of nitrogens with zero attached hydrogens (tertiary/aromatic N) is 1. The SMILES string of the molecule is O=S(=O)(Cc1ccccc1)N1CCOc2ccc(F)cc21. The van der Waals surface area contributed by atoms with Crippen molar-refractivity contribution in [3.05, 3.63) is 59.9 Å². The Labute approximate surface area is 122 Å². The Morgan fingerprint density at radius 1 is 1.14 bits per heavy atom. The lowest BCUT2D eigenvalue weighted by molar-refractivity contribution is 0.315. The van der Waals surface area contributed by atoms with Crippen molar-refractivity contribution in [1.29, 1.82) is 0 Å². The summed E-state index contributed by atoms with van der Waals surface area (Å²) in [5.41, 5.74) is 0.958. The predicted molar refractivity (Wildman–Crippen MR) is 78.3 cm³/mol. The topological polar surface area (TPSA) is 46.6 Å². The second-order valence-electron chi connectivity index (χ2n) is 4.77. The molecule has 21 heavy (non-hydrogen) atoms. The zero-order valence-electron chi connectivity index (χ0n) is 11.2. The highest BCUT2D eigenvalue weighted by molar-refractivity contribution is 7.92. The summed E-state index contributed by atoms with van der Waals surface area (Å²) in [5.74, 6) is -0.220. The molecule has 2 aromatic rings. The molecule has 2 aromatic carbocycles. The molecule has 0 radical (unpaired) electrons. The van der Waals surface area contributed by atoms with E-state index in [4.69, 9.17) is 4.74 Å². The minimum atomic E-state index is -3.58. The van der Waals surface area contributed by atoms with E-state index in [2.05, 4.69) is 0 Å². The summed E-state index contributed by atoms with van der Waals surface area (Å²) in [6.07, 6.45) is 0. The molecule has 0 spiro atoms. The average molecular weight is 307 g/mol. The predicted octanol–water partition coefficient (Wildman–Crippen LogP) is 2.55. The Kier molecular flexibility index (Phi) is 3.55. The van der Waals surface area contributed by atoms with E-state index in [-0.39, 0.29) is 24.6 Å². The number of hydrogen-bond acceptors (Lipinski definition) is 3. The third-order valence-electron chi connectivity index (χ3n) is 3.27. The van der Waals surface area contributed by atoms with Crippen molar-refractivity contribution >= 4 is 15.7 Å². The third kappa shape index (κ3) is 2.85. The van der Waals surface area contributed by atoms with Crippen LogP contribution in [0.3, 0.4) is 0 Å². The molecule has 110 valence electrons. The molecule has 0 fully saturated rings. The minimum absolute atomic E-state index is 0.121. The third-order valence-corrected chi connectivity index (χ3v) is 5.02. The zero-order valence-corrected chi connectivity index (χ0v) is 12.0. The fourth-order valence-electron chi connectivity index (χ4n) is 2.32. The summed E-state index contributed by atoms with van der Waals surface area (Å²) >= 11 is 0. The normalized spacial score (nSPS) is 14.4. The van der Waals surface area contributed by atoms with Crippen LogP contribution in [0.2, 0.25) is 0 Å². The van der Waals surface area contributed by atoms with Crippen molar-refractivity contribution in [2.24, 2.45) is 0 Å². The van der Waals surface area contributed by atoms with E-state index in [1.165, 1.54) is 22.5 Å². The van der Waals surface area contributed by atoms with Crippen LogP contribution < -0.4 is 9.04 Å². The summed E-state index contributed by atoms with van der Waals surface area (Å²) in [4.78, 5) is 0. The van der Waals surface area contributed by atoms with Gasteiger partial charge < -0.3 is 4.74 Å². The van der Waals surface area contributed by atoms with Gasteiger partial charge in [-0.2, -0.15) is 0 Å². The van der Waals surface area contributed by atoms with Gasteiger partial charge in [0.25, 0.3) is 0 Å². The number of fused-ring (bicyclic) bond motifs is 1. The summed E-state index contributed by atoms with van der Waals surface area (Å²) in [6.45, 7) is 0.443. The molecule has 6 heteroatoms. The molecule has 4 nitrogen and oxygen atoms in total. The average Bonchev–Trinajstić information content (AvgIpc) is 2.47. The van der Waals surface area contributed by atoms with Crippen LogP contribution in [0.1, 0.15) is 5.56 Å². The Hall–Kier alpha value is -2.08. The van der Waals surface area contributed by atoms with E-state index in [1.807, 2.05) is 6.07 Å². The highest BCUT2D eigenvalue weighted by Gasteiger charge is 2.29. The first-order valence-corrected chi connectivity index (χ1v) is 8.14. The minimum Gasteiger partial charge on any atom is -0.489 e. The van der Waals surface area contributed by atoms with E-state index >= 15 is 0 Å². The Bertz CT molecular complexity index is 747. The molecule has 0 aliphatic carbocycles. The van der Waals surface area contributed by atoms with Gasteiger partial charge in [0.15, 0.2) is 0 Å². The maximum atomic E-state index is 13.4. The monoisotopic (exact) mass is 307 g/mol. The molecule has 1 aliphatic rings. The van der Waals surface area contributed by atoms with Gasteiger partial charge in [0.1, 0.15) is 18.2 Å². The van der Waals surface area contributed by atoms with Crippen LogP contribution in [0.5, 0.6) is 5.75 Å². The number of halogens is 1. The molecule has 1 aliphatic heterocycles. The van der Waals surface area contributed by atoms with Gasteiger partial charge in [-0.1, -0.05) is 30.3 Å². The van der Waals surface area contributed by atoms with Gasteiger partial charge in [0.2, 0.25) is 10.0 Å². The van der Waals surface area contributed by atoms with E-state index in [1.54, 1.807) is 24.3 Å². The zero-order chi connectivity index (χ0) is 14.9. The van der Waals surface area contributed by atoms with Crippen LogP contribution >= 0.6 is 0 Å². The summed E-state index contributed by atoms with van der Waals surface area (Å²) in [5, 5.41) is 0. The number of ether oxygens (including phenoxy) is 1. The van der Waals surface area contributed by atoms with Crippen molar-refractivity contribution in [2.75, 3.05) is 17.5 Å². The van der Waals surface area contributed by atoms with Crippen LogP contribution in [-0.2, 0) is 15.8 Å². The molecule has 0 atom stereocenters. The summed E-state index contributed by atoms with van der Waals surface area (Å²) in [6, 6.07) is 12.8. The lowest BCUT2D eigenvalue weighted by Gasteiger charge is -2.30. The summed E-state index contributed by atoms with van der Waals surface area (Å²) < 4.78 is 45.2. The largest absolute Gasteiger partial charge is 0.489 e. The first-order valence-electron chi connectivity index (χ1n) is 6.53. The Balaban J connectivity index is 1.96. The standard InChI is InChI=1S/C15H14FNO3S/c16-13-6-7-15-14(10-13)17(8-9-20-15)21(18,19)11-12-4-2-1-3-5-12/h1-7,10H,8-9,11H2. The van der Waals surface area contributed by atoms with E-state index in [0.29, 0.717) is 11.3 Å². The maximum Gasteiger partial charge on any atom is 0.239 e. The van der Waals surface area contributed by atoms with Crippen molar-refractivity contribution in [3.8, 4) is 5.75 Å². The molecular formula is C15H14FNO3S. The molecule has 3 rings (SSSR count). The molecule has 0 bridgehead atoms. The number of benzene rings is 2. The van der Waals surface area contributed by atoms with Crippen LogP contribution in [0.4, 0.5) is 10.1 Å². The fourth-order valence-corrected chi connectivity index (χ4v) is 3.88. The molecule has 0 amide bonds. The van der Waals surface area contributed by atoms with Crippen molar-refractivity contribution in [1.82, 2.24) is 0 Å². The summed E-state index contributed by atoms with van der Waals surface area (Å²) in [7, 11) is -3.58. The number of sulfonamides is 1. The first kappa shape index (κ1) is 13.9. The van der Waals surface area contributed by atoms with Crippen LogP contribution in [0.25, 0.3) is 0 Å². The van der Waals surface area contributed by atoms with Gasteiger partial charge in [-0.15, -0.1) is 0 Å². The molecule has 0 saturated heterocycles. The fraction of sp³-hybridized carbons (Fsp3) is 0.200.